The van der Waals surface area contributed by atoms with Crippen molar-refractivity contribution < 1.29 is 8.78 Å². The molecule has 1 aromatic carbocycles. The van der Waals surface area contributed by atoms with E-state index in [1.165, 1.54) is 0 Å². The van der Waals surface area contributed by atoms with Crippen LogP contribution in [0.1, 0.15) is 24.8 Å². The molecule has 5 heteroatoms. The molecule has 1 atom stereocenters. The van der Waals surface area contributed by atoms with Crippen LogP contribution in [0.5, 0.6) is 0 Å². The van der Waals surface area contributed by atoms with Gasteiger partial charge >= 0.3 is 0 Å². The summed E-state index contributed by atoms with van der Waals surface area (Å²) in [6.45, 7) is 1.53. The average Bonchev–Trinajstić information content (AvgIpc) is 2.85. The van der Waals surface area contributed by atoms with E-state index in [0.717, 1.165) is 37.9 Å². The van der Waals surface area contributed by atoms with Gasteiger partial charge in [-0.1, -0.05) is 0 Å². The second-order valence-corrected chi connectivity index (χ2v) is 4.44. The maximum absolute atomic E-state index is 13.5. The van der Waals surface area contributed by atoms with Gasteiger partial charge in [-0.05, 0) is 37.9 Å². The molecule has 2 N–H and O–H groups in total. The van der Waals surface area contributed by atoms with Gasteiger partial charge in [-0.15, -0.1) is 0 Å². The van der Waals surface area contributed by atoms with Crippen LogP contribution in [0.15, 0.2) is 12.1 Å². The molecule has 18 heavy (non-hydrogen) atoms. The number of hydrogen-bond acceptors (Lipinski definition) is 3. The van der Waals surface area contributed by atoms with E-state index in [1.807, 2.05) is 0 Å². The fraction of sp³-hybridized carbons (Fsp3) is 0.462. The van der Waals surface area contributed by atoms with Crippen LogP contribution in [0.25, 0.3) is 0 Å². The zero-order valence-corrected chi connectivity index (χ0v) is 9.97. The number of benzene rings is 1. The summed E-state index contributed by atoms with van der Waals surface area (Å²) in [5.74, 6) is -1.43. The van der Waals surface area contributed by atoms with Crippen molar-refractivity contribution in [1.29, 1.82) is 5.26 Å². The molecule has 1 fully saturated rings. The summed E-state index contributed by atoms with van der Waals surface area (Å²) in [6, 6.07) is 4.23. The molecule has 1 unspecified atom stereocenters. The minimum atomic E-state index is -0.717. The van der Waals surface area contributed by atoms with Gasteiger partial charge in [0.1, 0.15) is 5.69 Å². The van der Waals surface area contributed by atoms with Crippen LogP contribution in [-0.2, 0) is 0 Å². The molecule has 96 valence electrons. The van der Waals surface area contributed by atoms with Gasteiger partial charge in [0, 0.05) is 12.6 Å². The molecular formula is C13H15F2N3. The van der Waals surface area contributed by atoms with Gasteiger partial charge in [-0.2, -0.15) is 5.26 Å². The lowest BCUT2D eigenvalue weighted by Crippen LogP contribution is -2.24. The first-order valence-electron chi connectivity index (χ1n) is 6.07. The largest absolute Gasteiger partial charge is 0.380 e. The van der Waals surface area contributed by atoms with Crippen LogP contribution in [0, 0.1) is 23.0 Å². The highest BCUT2D eigenvalue weighted by atomic mass is 19.1. The summed E-state index contributed by atoms with van der Waals surface area (Å²) in [4.78, 5) is 0. The Morgan fingerprint density at radius 1 is 1.39 bits per heavy atom. The third-order valence-corrected chi connectivity index (χ3v) is 3.13. The van der Waals surface area contributed by atoms with Crippen molar-refractivity contribution in [1.82, 2.24) is 5.32 Å². The monoisotopic (exact) mass is 251 g/mol. The summed E-state index contributed by atoms with van der Waals surface area (Å²) < 4.78 is 27.1. The topological polar surface area (TPSA) is 47.9 Å². The SMILES string of the molecule is N#Cc1cc(F)c(NCCC2CCCN2)c(F)c1. The van der Waals surface area contributed by atoms with Crippen molar-refractivity contribution in [3.8, 4) is 6.07 Å². The Labute approximate surface area is 105 Å². The average molecular weight is 251 g/mol. The van der Waals surface area contributed by atoms with Crippen molar-refractivity contribution in [3.05, 3.63) is 29.3 Å². The van der Waals surface area contributed by atoms with Crippen LogP contribution < -0.4 is 10.6 Å². The number of anilines is 1. The van der Waals surface area contributed by atoms with Gasteiger partial charge < -0.3 is 10.6 Å². The summed E-state index contributed by atoms with van der Waals surface area (Å²) in [7, 11) is 0. The molecule has 1 aliphatic rings. The molecule has 1 heterocycles. The van der Waals surface area contributed by atoms with Crippen molar-refractivity contribution in [2.75, 3.05) is 18.4 Å². The minimum Gasteiger partial charge on any atom is -0.380 e. The third-order valence-electron chi connectivity index (χ3n) is 3.13. The quantitative estimate of drug-likeness (QED) is 0.863. The van der Waals surface area contributed by atoms with Crippen LogP contribution in [0.4, 0.5) is 14.5 Å². The molecule has 0 aromatic heterocycles. The minimum absolute atomic E-state index is 0.00647. The van der Waals surface area contributed by atoms with Crippen LogP contribution >= 0.6 is 0 Å². The molecule has 0 bridgehead atoms. The second kappa shape index (κ2) is 5.78. The Morgan fingerprint density at radius 2 is 2.11 bits per heavy atom. The van der Waals surface area contributed by atoms with E-state index in [-0.39, 0.29) is 11.3 Å². The molecule has 0 saturated carbocycles. The Hall–Kier alpha value is -1.67. The predicted molar refractivity (Wildman–Crippen MR) is 65.2 cm³/mol. The first-order chi connectivity index (χ1) is 8.70. The number of nitrogens with zero attached hydrogens (tertiary/aromatic N) is 1. The Bertz CT molecular complexity index is 439. The normalized spacial score (nSPS) is 18.6. The molecule has 2 rings (SSSR count). The standard InChI is InChI=1S/C13H15F2N3/c14-11-6-9(8-16)7-12(15)13(11)18-5-3-10-2-1-4-17-10/h6-7,10,17-18H,1-5H2. The zero-order chi connectivity index (χ0) is 13.0. The highest BCUT2D eigenvalue weighted by Crippen LogP contribution is 2.20. The lowest BCUT2D eigenvalue weighted by molar-refractivity contribution is 0.563. The van der Waals surface area contributed by atoms with Crippen LogP contribution in [-0.4, -0.2) is 19.1 Å². The van der Waals surface area contributed by atoms with Gasteiger partial charge in [0.25, 0.3) is 0 Å². The van der Waals surface area contributed by atoms with Crippen molar-refractivity contribution in [2.45, 2.75) is 25.3 Å². The Morgan fingerprint density at radius 3 is 2.67 bits per heavy atom. The van der Waals surface area contributed by atoms with Gasteiger partial charge in [-0.25, -0.2) is 8.78 Å². The molecule has 3 nitrogen and oxygen atoms in total. The van der Waals surface area contributed by atoms with Crippen LogP contribution in [0.3, 0.4) is 0 Å². The molecular weight excluding hydrogens is 236 g/mol. The highest BCUT2D eigenvalue weighted by Gasteiger charge is 2.15. The van der Waals surface area contributed by atoms with E-state index in [9.17, 15) is 8.78 Å². The summed E-state index contributed by atoms with van der Waals surface area (Å²) in [5, 5.41) is 14.7. The van der Waals surface area contributed by atoms with Crippen molar-refractivity contribution in [2.24, 2.45) is 0 Å². The van der Waals surface area contributed by atoms with E-state index < -0.39 is 11.6 Å². The summed E-state index contributed by atoms with van der Waals surface area (Å²) in [5.41, 5.74) is -0.153. The predicted octanol–water partition coefficient (Wildman–Crippen LogP) is 2.39. The van der Waals surface area contributed by atoms with E-state index in [2.05, 4.69) is 10.6 Å². The smallest absolute Gasteiger partial charge is 0.150 e. The molecule has 0 amide bonds. The first kappa shape index (κ1) is 12.8. The van der Waals surface area contributed by atoms with E-state index in [0.29, 0.717) is 12.6 Å². The summed E-state index contributed by atoms with van der Waals surface area (Å²) in [6.07, 6.45) is 3.10. The number of nitrogens with one attached hydrogen (secondary N) is 2. The maximum atomic E-state index is 13.5. The van der Waals surface area contributed by atoms with E-state index in [1.54, 1.807) is 6.07 Å². The number of halogens is 2. The maximum Gasteiger partial charge on any atom is 0.150 e. The van der Waals surface area contributed by atoms with Gasteiger partial charge in [0.15, 0.2) is 11.6 Å². The van der Waals surface area contributed by atoms with E-state index >= 15 is 0 Å². The molecule has 0 aliphatic carbocycles. The lowest BCUT2D eigenvalue weighted by atomic mass is 10.1. The zero-order valence-electron chi connectivity index (χ0n) is 9.97. The van der Waals surface area contributed by atoms with Crippen molar-refractivity contribution in [3.63, 3.8) is 0 Å². The first-order valence-corrected chi connectivity index (χ1v) is 6.07. The highest BCUT2D eigenvalue weighted by molar-refractivity contribution is 5.50. The molecule has 0 radical (unpaired) electrons. The van der Waals surface area contributed by atoms with Crippen LogP contribution in [0.2, 0.25) is 0 Å². The number of hydrogen-bond donors (Lipinski definition) is 2. The van der Waals surface area contributed by atoms with Gasteiger partial charge in [0.2, 0.25) is 0 Å². The Balaban J connectivity index is 1.94. The second-order valence-electron chi connectivity index (χ2n) is 4.44. The fourth-order valence-corrected chi connectivity index (χ4v) is 2.18. The number of nitriles is 1. The third kappa shape index (κ3) is 2.96. The molecule has 1 saturated heterocycles. The van der Waals surface area contributed by atoms with E-state index in [4.69, 9.17) is 5.26 Å². The number of rotatable bonds is 4. The molecule has 0 spiro atoms. The fourth-order valence-electron chi connectivity index (χ4n) is 2.18. The summed E-state index contributed by atoms with van der Waals surface area (Å²) >= 11 is 0. The lowest BCUT2D eigenvalue weighted by Gasteiger charge is -2.12. The van der Waals surface area contributed by atoms with Crippen molar-refractivity contribution >= 4 is 5.69 Å². The molecule has 1 aromatic rings. The van der Waals surface area contributed by atoms with Gasteiger partial charge in [-0.3, -0.25) is 0 Å². The van der Waals surface area contributed by atoms with Gasteiger partial charge in [0.05, 0.1) is 11.6 Å². The Kier molecular flexibility index (Phi) is 4.11. The molecule has 1 aliphatic heterocycles.